The summed E-state index contributed by atoms with van der Waals surface area (Å²) in [5, 5.41) is 1.33. The Morgan fingerprint density at radius 3 is 2.43 bits per heavy atom. The molecule has 0 N–H and O–H groups in total. The second-order valence-corrected chi connectivity index (χ2v) is 12.4. The van der Waals surface area contributed by atoms with Crippen LogP contribution < -0.4 is 4.74 Å². The normalized spacial score (nSPS) is 17.0. The molecule has 1 aromatic heterocycles. The summed E-state index contributed by atoms with van der Waals surface area (Å²) in [5.41, 5.74) is 4.85. The maximum Gasteiger partial charge on any atom is 0.173 e. The Morgan fingerprint density at radius 1 is 0.976 bits per heavy atom. The molecule has 0 bridgehead atoms. The standard InChI is InChI=1S/C33H33ClF3N3OS/c1-21-17-22(7-12-28(21)34)26-5-4-6-31-32(26)40(24-10-8-23(35)9-11-24)33(38-31)42-20-27-29(36)18-25(19-30(27)37)41-16-15-39-13-2-3-14-39/h7-12,17-19,26H,2-6,13-16,20H2,1H3. The molecule has 1 fully saturated rings. The van der Waals surface area contributed by atoms with E-state index in [-0.39, 0.29) is 28.8 Å². The van der Waals surface area contributed by atoms with Crippen LogP contribution in [0.25, 0.3) is 5.69 Å². The van der Waals surface area contributed by atoms with Gasteiger partial charge in [0.05, 0.1) is 11.4 Å². The van der Waals surface area contributed by atoms with Crippen LogP contribution in [-0.2, 0) is 12.2 Å². The molecule has 3 aromatic carbocycles. The fourth-order valence-corrected chi connectivity index (χ4v) is 7.16. The Bertz CT molecular complexity index is 1550. The molecule has 4 nitrogen and oxygen atoms in total. The summed E-state index contributed by atoms with van der Waals surface area (Å²) in [7, 11) is 0. The van der Waals surface area contributed by atoms with Gasteiger partial charge < -0.3 is 4.74 Å². The van der Waals surface area contributed by atoms with Gasteiger partial charge in [0.25, 0.3) is 0 Å². The highest BCUT2D eigenvalue weighted by molar-refractivity contribution is 7.98. The lowest BCUT2D eigenvalue weighted by atomic mass is 9.83. The first-order valence-electron chi connectivity index (χ1n) is 14.5. The number of hydrogen-bond acceptors (Lipinski definition) is 4. The number of halogens is 4. The van der Waals surface area contributed by atoms with Crippen molar-refractivity contribution in [3.63, 3.8) is 0 Å². The van der Waals surface area contributed by atoms with E-state index < -0.39 is 11.6 Å². The fourth-order valence-electron chi connectivity index (χ4n) is 5.99. The first-order chi connectivity index (χ1) is 20.4. The van der Waals surface area contributed by atoms with E-state index in [4.69, 9.17) is 21.3 Å². The number of hydrogen-bond donors (Lipinski definition) is 0. The van der Waals surface area contributed by atoms with Gasteiger partial charge in [-0.1, -0.05) is 35.5 Å². The number of likely N-dealkylation sites (tertiary alicyclic amines) is 1. The number of nitrogens with zero attached hydrogens (tertiary/aromatic N) is 3. The maximum atomic E-state index is 15.2. The summed E-state index contributed by atoms with van der Waals surface area (Å²) in [6, 6.07) is 14.9. The Labute approximate surface area is 253 Å². The van der Waals surface area contributed by atoms with E-state index in [2.05, 4.69) is 11.0 Å². The number of fused-ring (bicyclic) bond motifs is 1. The van der Waals surface area contributed by atoms with Gasteiger partial charge in [0, 0.05) is 46.6 Å². The molecular formula is C33H33ClF3N3OS. The Hall–Kier alpha value is -2.94. The van der Waals surface area contributed by atoms with Crippen LogP contribution in [0.5, 0.6) is 5.75 Å². The quantitative estimate of drug-likeness (QED) is 0.178. The highest BCUT2D eigenvalue weighted by Gasteiger charge is 2.30. The second-order valence-electron chi connectivity index (χ2n) is 11.0. The number of aromatic nitrogens is 2. The number of ether oxygens (including phenoxy) is 1. The van der Waals surface area contributed by atoms with E-state index in [9.17, 15) is 4.39 Å². The highest BCUT2D eigenvalue weighted by atomic mass is 35.5. The summed E-state index contributed by atoms with van der Waals surface area (Å²) in [5.74, 6) is -1.31. The van der Waals surface area contributed by atoms with E-state index in [0.717, 1.165) is 67.1 Å². The Balaban J connectivity index is 1.28. The van der Waals surface area contributed by atoms with E-state index in [1.54, 1.807) is 12.1 Å². The molecule has 42 heavy (non-hydrogen) atoms. The van der Waals surface area contributed by atoms with Crippen LogP contribution in [0.2, 0.25) is 5.02 Å². The Kier molecular flexibility index (Phi) is 8.84. The molecule has 2 aliphatic rings. The first-order valence-corrected chi connectivity index (χ1v) is 15.8. The van der Waals surface area contributed by atoms with Crippen molar-refractivity contribution >= 4 is 23.4 Å². The molecule has 1 unspecified atom stereocenters. The van der Waals surface area contributed by atoms with Gasteiger partial charge in [-0.2, -0.15) is 0 Å². The molecule has 0 radical (unpaired) electrons. The van der Waals surface area contributed by atoms with Crippen molar-refractivity contribution in [1.29, 1.82) is 0 Å². The lowest BCUT2D eigenvalue weighted by Crippen LogP contribution is -2.25. The maximum absolute atomic E-state index is 15.2. The average molecular weight is 612 g/mol. The van der Waals surface area contributed by atoms with Crippen molar-refractivity contribution < 1.29 is 17.9 Å². The summed E-state index contributed by atoms with van der Waals surface area (Å²) in [4.78, 5) is 7.26. The van der Waals surface area contributed by atoms with Crippen LogP contribution in [0.15, 0.2) is 59.8 Å². The van der Waals surface area contributed by atoms with Gasteiger partial charge in [0.1, 0.15) is 29.8 Å². The molecule has 1 aliphatic carbocycles. The SMILES string of the molecule is Cc1cc(C2CCCc3nc(SCc4c(F)cc(OCCN5CCCC5)cc4F)n(-c4ccc(F)cc4)c32)ccc1Cl. The minimum Gasteiger partial charge on any atom is -0.492 e. The zero-order chi connectivity index (χ0) is 29.2. The van der Waals surface area contributed by atoms with Gasteiger partial charge in [-0.05, 0) is 93.6 Å². The average Bonchev–Trinajstić information content (AvgIpc) is 3.62. The minimum absolute atomic E-state index is 0.0246. The molecule has 0 spiro atoms. The van der Waals surface area contributed by atoms with Gasteiger partial charge in [0.2, 0.25) is 0 Å². The minimum atomic E-state index is -0.641. The molecule has 1 aliphatic heterocycles. The molecule has 1 atom stereocenters. The number of rotatable bonds is 9. The Morgan fingerprint density at radius 2 is 1.71 bits per heavy atom. The first kappa shape index (κ1) is 29.1. The smallest absolute Gasteiger partial charge is 0.173 e. The molecule has 1 saturated heterocycles. The van der Waals surface area contributed by atoms with Crippen LogP contribution in [-0.4, -0.2) is 40.7 Å². The van der Waals surface area contributed by atoms with Crippen molar-refractivity contribution in [2.75, 3.05) is 26.2 Å². The zero-order valence-corrected chi connectivity index (χ0v) is 25.1. The zero-order valence-electron chi connectivity index (χ0n) is 23.5. The van der Waals surface area contributed by atoms with Crippen LogP contribution in [0.3, 0.4) is 0 Å². The molecule has 2 heterocycles. The monoisotopic (exact) mass is 611 g/mol. The van der Waals surface area contributed by atoms with E-state index in [1.807, 2.05) is 23.6 Å². The predicted molar refractivity (Wildman–Crippen MR) is 162 cm³/mol. The number of benzene rings is 3. The lowest BCUT2D eigenvalue weighted by Gasteiger charge is -2.25. The summed E-state index contributed by atoms with van der Waals surface area (Å²) in [6.45, 7) is 5.20. The van der Waals surface area contributed by atoms with Crippen molar-refractivity contribution in [2.45, 2.75) is 55.9 Å². The van der Waals surface area contributed by atoms with E-state index in [0.29, 0.717) is 16.8 Å². The van der Waals surface area contributed by atoms with Gasteiger partial charge in [-0.25, -0.2) is 18.2 Å². The molecule has 0 amide bonds. The van der Waals surface area contributed by atoms with Crippen LogP contribution in [0.4, 0.5) is 13.2 Å². The largest absolute Gasteiger partial charge is 0.492 e. The lowest BCUT2D eigenvalue weighted by molar-refractivity contribution is 0.236. The third kappa shape index (κ3) is 6.21. The third-order valence-electron chi connectivity index (χ3n) is 8.20. The van der Waals surface area contributed by atoms with Crippen molar-refractivity contribution in [1.82, 2.24) is 14.5 Å². The van der Waals surface area contributed by atoms with Gasteiger partial charge in [0.15, 0.2) is 5.16 Å². The summed E-state index contributed by atoms with van der Waals surface area (Å²) < 4.78 is 51.9. The van der Waals surface area contributed by atoms with E-state index >= 15 is 8.78 Å². The van der Waals surface area contributed by atoms with Crippen molar-refractivity contribution in [3.05, 3.63) is 105 Å². The van der Waals surface area contributed by atoms with Crippen LogP contribution >= 0.6 is 23.4 Å². The van der Waals surface area contributed by atoms with E-state index in [1.165, 1.54) is 48.9 Å². The number of aryl methyl sites for hydroxylation is 2. The van der Waals surface area contributed by atoms with Gasteiger partial charge in [-0.15, -0.1) is 0 Å². The molecule has 9 heteroatoms. The van der Waals surface area contributed by atoms with Gasteiger partial charge in [-0.3, -0.25) is 9.47 Å². The van der Waals surface area contributed by atoms with Crippen molar-refractivity contribution in [2.24, 2.45) is 0 Å². The molecule has 0 saturated carbocycles. The molecular weight excluding hydrogens is 579 g/mol. The predicted octanol–water partition coefficient (Wildman–Crippen LogP) is 8.49. The molecule has 220 valence electrons. The third-order valence-corrected chi connectivity index (χ3v) is 9.59. The summed E-state index contributed by atoms with van der Waals surface area (Å²) >= 11 is 7.60. The fraction of sp³-hybridized carbons (Fsp3) is 0.364. The molecule has 4 aromatic rings. The second kappa shape index (κ2) is 12.7. The molecule has 6 rings (SSSR count). The van der Waals surface area contributed by atoms with Crippen LogP contribution in [0.1, 0.15) is 59.7 Å². The van der Waals surface area contributed by atoms with Crippen molar-refractivity contribution in [3.8, 4) is 11.4 Å². The highest BCUT2D eigenvalue weighted by Crippen LogP contribution is 2.42. The number of thioether (sulfide) groups is 1. The van der Waals surface area contributed by atoms with Crippen LogP contribution in [0, 0.1) is 24.4 Å². The topological polar surface area (TPSA) is 30.3 Å². The summed E-state index contributed by atoms with van der Waals surface area (Å²) in [6.07, 6.45) is 5.05. The van der Waals surface area contributed by atoms with Gasteiger partial charge >= 0.3 is 0 Å². The number of imidazole rings is 1.